The van der Waals surface area contributed by atoms with Gasteiger partial charge in [0.1, 0.15) is 6.10 Å². The van der Waals surface area contributed by atoms with Crippen molar-refractivity contribution in [3.8, 4) is 6.07 Å². The van der Waals surface area contributed by atoms with Crippen LogP contribution in [-0.2, 0) is 23.8 Å². The highest BCUT2D eigenvalue weighted by molar-refractivity contribution is 7.86. The van der Waals surface area contributed by atoms with Crippen molar-refractivity contribution < 1.29 is 22.1 Å². The number of carbonyl (C=O) groups excluding carboxylic acids is 1. The van der Waals surface area contributed by atoms with Gasteiger partial charge >= 0.3 is 5.97 Å². The Balaban J connectivity index is 1.89. The Bertz CT molecular complexity index is 859. The van der Waals surface area contributed by atoms with Gasteiger partial charge in [-0.05, 0) is 67.6 Å². The first-order chi connectivity index (χ1) is 13.9. The number of esters is 1. The number of carbonyl (C=O) groups is 1. The molecule has 168 valence electrons. The smallest absolute Gasteiger partial charge is 0.302 e. The highest BCUT2D eigenvalue weighted by atomic mass is 32.2. The zero-order valence-corrected chi connectivity index (χ0v) is 19.6. The molecule has 0 N–H and O–H groups in total. The van der Waals surface area contributed by atoms with Crippen molar-refractivity contribution in [3.05, 3.63) is 11.6 Å². The molecule has 0 heterocycles. The number of nitriles is 1. The summed E-state index contributed by atoms with van der Waals surface area (Å²) in [7, 11) is -3.56. The molecular formula is C23H35NO5S. The van der Waals surface area contributed by atoms with Gasteiger partial charge in [0.05, 0.1) is 18.4 Å². The van der Waals surface area contributed by atoms with E-state index in [0.29, 0.717) is 18.3 Å². The van der Waals surface area contributed by atoms with Crippen LogP contribution in [-0.4, -0.2) is 32.9 Å². The van der Waals surface area contributed by atoms with E-state index in [1.807, 2.05) is 6.92 Å². The lowest BCUT2D eigenvalue weighted by Gasteiger charge is -2.59. The highest BCUT2D eigenvalue weighted by Gasteiger charge is 2.56. The van der Waals surface area contributed by atoms with Crippen LogP contribution in [0, 0.1) is 39.9 Å². The molecule has 0 aliphatic heterocycles. The van der Waals surface area contributed by atoms with E-state index in [-0.39, 0.29) is 28.8 Å². The van der Waals surface area contributed by atoms with E-state index in [2.05, 4.69) is 26.0 Å². The van der Waals surface area contributed by atoms with Gasteiger partial charge in [-0.3, -0.25) is 8.98 Å². The molecule has 0 amide bonds. The first-order valence-corrected chi connectivity index (χ1v) is 12.8. The van der Waals surface area contributed by atoms with Gasteiger partial charge in [-0.2, -0.15) is 13.7 Å². The molecule has 3 rings (SSSR count). The molecular weight excluding hydrogens is 402 g/mol. The van der Waals surface area contributed by atoms with Crippen LogP contribution in [0.5, 0.6) is 0 Å². The molecule has 0 spiro atoms. The molecule has 0 aromatic heterocycles. The van der Waals surface area contributed by atoms with Crippen molar-refractivity contribution in [1.29, 1.82) is 5.26 Å². The van der Waals surface area contributed by atoms with Gasteiger partial charge in [0.15, 0.2) is 0 Å². The molecule has 3 aliphatic rings. The second kappa shape index (κ2) is 8.27. The molecule has 0 aromatic rings. The van der Waals surface area contributed by atoms with E-state index < -0.39 is 16.2 Å². The van der Waals surface area contributed by atoms with Crippen LogP contribution in [0.3, 0.4) is 0 Å². The topological polar surface area (TPSA) is 93.5 Å². The van der Waals surface area contributed by atoms with Gasteiger partial charge in [-0.1, -0.05) is 25.5 Å². The number of ether oxygens (including phenoxy) is 1. The van der Waals surface area contributed by atoms with Crippen LogP contribution in [0.25, 0.3) is 0 Å². The molecule has 0 bridgehead atoms. The Morgan fingerprint density at radius 3 is 2.63 bits per heavy atom. The Hall–Kier alpha value is -1.39. The molecule has 0 radical (unpaired) electrons. The first kappa shape index (κ1) is 23.3. The normalized spacial score (nSPS) is 39.7. The van der Waals surface area contributed by atoms with Crippen molar-refractivity contribution in [2.75, 3.05) is 6.26 Å². The van der Waals surface area contributed by atoms with Crippen LogP contribution in [0.1, 0.15) is 72.6 Å². The minimum absolute atomic E-state index is 0.0367. The molecule has 7 atom stereocenters. The van der Waals surface area contributed by atoms with E-state index in [1.165, 1.54) is 12.5 Å². The summed E-state index contributed by atoms with van der Waals surface area (Å²) in [5.41, 5.74) is 1.08. The van der Waals surface area contributed by atoms with Crippen molar-refractivity contribution >= 4 is 16.1 Å². The number of rotatable bonds is 5. The lowest BCUT2D eigenvalue weighted by Crippen LogP contribution is -2.54. The average molecular weight is 438 g/mol. The van der Waals surface area contributed by atoms with Gasteiger partial charge in [0.2, 0.25) is 0 Å². The zero-order valence-electron chi connectivity index (χ0n) is 18.8. The molecule has 30 heavy (non-hydrogen) atoms. The average Bonchev–Trinajstić information content (AvgIpc) is 2.62. The third kappa shape index (κ3) is 4.31. The minimum atomic E-state index is -3.56. The lowest BCUT2D eigenvalue weighted by molar-refractivity contribution is -0.149. The maximum atomic E-state index is 11.8. The number of allylic oxidation sites excluding steroid dienone is 1. The van der Waals surface area contributed by atoms with Gasteiger partial charge in [0.25, 0.3) is 10.1 Å². The summed E-state index contributed by atoms with van der Waals surface area (Å²) in [6.45, 7) is 7.73. The molecule has 7 heteroatoms. The predicted molar refractivity (Wildman–Crippen MR) is 114 cm³/mol. The van der Waals surface area contributed by atoms with Gasteiger partial charge in [0, 0.05) is 19.8 Å². The van der Waals surface area contributed by atoms with Crippen molar-refractivity contribution in [2.24, 2.45) is 28.6 Å². The molecule has 2 saturated carbocycles. The Morgan fingerprint density at radius 1 is 1.33 bits per heavy atom. The highest BCUT2D eigenvalue weighted by Crippen LogP contribution is 2.62. The number of hydrogen-bond donors (Lipinski definition) is 0. The molecule has 0 aromatic carbocycles. The van der Waals surface area contributed by atoms with E-state index >= 15 is 0 Å². The monoisotopic (exact) mass is 437 g/mol. The zero-order chi connectivity index (χ0) is 22.3. The third-order valence-electron chi connectivity index (χ3n) is 8.39. The minimum Gasteiger partial charge on any atom is -0.462 e. The summed E-state index contributed by atoms with van der Waals surface area (Å²) in [4.78, 5) is 11.4. The third-order valence-corrected chi connectivity index (χ3v) is 9.03. The summed E-state index contributed by atoms with van der Waals surface area (Å²) in [5.74, 6) is 0.639. The molecule has 3 aliphatic carbocycles. The Morgan fingerprint density at radius 2 is 2.03 bits per heavy atom. The first-order valence-electron chi connectivity index (χ1n) is 11.0. The summed E-state index contributed by atoms with van der Waals surface area (Å²) in [5, 5.41) is 9.60. The summed E-state index contributed by atoms with van der Waals surface area (Å²) in [6.07, 6.45) is 8.67. The maximum Gasteiger partial charge on any atom is 0.302 e. The maximum absolute atomic E-state index is 11.8. The standard InChI is InChI=1S/C23H35NO5S/c1-15(29-30(5,26)27)22(3)12-9-20-19(21(22)10-13-24)7-6-17-14-18(28-16(2)25)8-11-23(17,20)4/h6,15,18-21H,7-12,14H2,1-5H3/t15-,18+,19-,20+,21?,22-,23+/m1/s1. The van der Waals surface area contributed by atoms with E-state index in [0.717, 1.165) is 44.8 Å². The van der Waals surface area contributed by atoms with E-state index in [1.54, 1.807) is 0 Å². The SMILES string of the molecule is CC(=O)O[C@H]1CC[C@@]2(C)C(=CC[C@H]3C(CC#N)[C@@](C)([C@@H](C)OS(C)(=O)=O)CC[C@@H]32)C1. The van der Waals surface area contributed by atoms with Crippen LogP contribution in [0.2, 0.25) is 0 Å². The van der Waals surface area contributed by atoms with E-state index in [4.69, 9.17) is 8.92 Å². The summed E-state index contributed by atoms with van der Waals surface area (Å²) < 4.78 is 34.5. The van der Waals surface area contributed by atoms with Gasteiger partial charge in [-0.15, -0.1) is 0 Å². The fourth-order valence-electron chi connectivity index (χ4n) is 6.67. The lowest BCUT2D eigenvalue weighted by atomic mass is 9.46. The molecule has 0 saturated heterocycles. The Labute approximate surface area is 181 Å². The largest absolute Gasteiger partial charge is 0.462 e. The summed E-state index contributed by atoms with van der Waals surface area (Å²) in [6, 6.07) is 2.37. The van der Waals surface area contributed by atoms with Gasteiger partial charge in [-0.25, -0.2) is 0 Å². The van der Waals surface area contributed by atoms with Crippen LogP contribution in [0.4, 0.5) is 0 Å². The van der Waals surface area contributed by atoms with Crippen molar-refractivity contribution in [1.82, 2.24) is 0 Å². The predicted octanol–water partition coefficient (Wildman–Crippen LogP) is 4.37. The van der Waals surface area contributed by atoms with Crippen LogP contribution >= 0.6 is 0 Å². The molecule has 1 unspecified atom stereocenters. The number of fused-ring (bicyclic) bond motifs is 3. The Kier molecular flexibility index (Phi) is 6.42. The van der Waals surface area contributed by atoms with Crippen LogP contribution in [0.15, 0.2) is 11.6 Å². The second-order valence-corrected chi connectivity index (χ2v) is 11.7. The fraction of sp³-hybridized carbons (Fsp3) is 0.826. The van der Waals surface area contributed by atoms with E-state index in [9.17, 15) is 18.5 Å². The molecule has 2 fully saturated rings. The molecule has 6 nitrogen and oxygen atoms in total. The number of hydrogen-bond acceptors (Lipinski definition) is 6. The fourth-order valence-corrected chi connectivity index (χ4v) is 7.41. The van der Waals surface area contributed by atoms with Crippen molar-refractivity contribution in [2.45, 2.75) is 84.8 Å². The summed E-state index contributed by atoms with van der Waals surface area (Å²) >= 11 is 0. The van der Waals surface area contributed by atoms with Gasteiger partial charge < -0.3 is 4.74 Å². The number of nitrogens with zero attached hydrogens (tertiary/aromatic N) is 1. The quantitative estimate of drug-likeness (QED) is 0.360. The van der Waals surface area contributed by atoms with Crippen LogP contribution < -0.4 is 0 Å². The second-order valence-electron chi connectivity index (χ2n) is 10.1. The van der Waals surface area contributed by atoms with Crippen molar-refractivity contribution in [3.63, 3.8) is 0 Å².